The van der Waals surface area contributed by atoms with Crippen LogP contribution in [0.1, 0.15) is 89.9 Å². The molecule has 0 radical (unpaired) electrons. The first-order valence-corrected chi connectivity index (χ1v) is 12.9. The molecule has 4 heteroatoms. The average molecular weight is 450 g/mol. The summed E-state index contributed by atoms with van der Waals surface area (Å²) in [4.78, 5) is 0. The quantitative estimate of drug-likeness (QED) is 0.387. The minimum atomic E-state index is 0. The zero-order valence-corrected chi connectivity index (χ0v) is 20.6. The summed E-state index contributed by atoms with van der Waals surface area (Å²) >= 11 is 0. The molecule has 4 saturated heterocycles. The van der Waals surface area contributed by atoms with Crippen LogP contribution >= 0.6 is 0 Å². The molecule has 0 N–H and O–H groups in total. The fraction of sp³-hybridized carbons (Fsp3) is 1.00. The van der Waals surface area contributed by atoms with Gasteiger partial charge in [0.2, 0.25) is 0 Å². The summed E-state index contributed by atoms with van der Waals surface area (Å²) in [6.45, 7) is 5.06. The van der Waals surface area contributed by atoms with E-state index in [-0.39, 0.29) is 17.0 Å². The third-order valence-electron chi connectivity index (χ3n) is 9.62. The standard InChI is InChI=1S/C24H46B2N.BrH/c1-27(2,19-7-17-25-21-9-3-10-22(25)12-4-11-21)20-8-18-26-23-13-5-14-24(26)16-6-15-23;/h21-24H,3-20H2,1-2H3;1H/q+1;/p-1. The van der Waals surface area contributed by atoms with Crippen LogP contribution in [0.5, 0.6) is 0 Å². The van der Waals surface area contributed by atoms with Gasteiger partial charge in [0.05, 0.1) is 27.2 Å². The number of hydrogen-bond donors (Lipinski definition) is 0. The van der Waals surface area contributed by atoms with Crippen LogP contribution in [0.2, 0.25) is 35.9 Å². The minimum Gasteiger partial charge on any atom is -1.00 e. The van der Waals surface area contributed by atoms with Crippen molar-refractivity contribution in [3.8, 4) is 0 Å². The van der Waals surface area contributed by atoms with Gasteiger partial charge in [0.15, 0.2) is 0 Å². The second-order valence-electron chi connectivity index (χ2n) is 11.8. The Bertz CT molecular complexity index is 388. The number of rotatable bonds is 8. The van der Waals surface area contributed by atoms with Crippen molar-refractivity contribution in [2.45, 2.75) is 126 Å². The predicted molar refractivity (Wildman–Crippen MR) is 123 cm³/mol. The molecule has 4 aliphatic rings. The molecule has 0 aromatic carbocycles. The van der Waals surface area contributed by atoms with Gasteiger partial charge in [-0.05, 0) is 12.8 Å². The van der Waals surface area contributed by atoms with Crippen LogP contribution < -0.4 is 17.0 Å². The van der Waals surface area contributed by atoms with Crippen LogP contribution in [0.25, 0.3) is 0 Å². The van der Waals surface area contributed by atoms with Crippen molar-refractivity contribution in [1.82, 2.24) is 0 Å². The molecule has 4 fully saturated rings. The third-order valence-corrected chi connectivity index (χ3v) is 9.62. The largest absolute Gasteiger partial charge is 1.00 e. The van der Waals surface area contributed by atoms with Crippen LogP contribution in [0.3, 0.4) is 0 Å². The van der Waals surface area contributed by atoms with E-state index in [9.17, 15) is 0 Å². The maximum Gasteiger partial charge on any atom is 0.146 e. The van der Waals surface area contributed by atoms with Crippen molar-refractivity contribution in [3.63, 3.8) is 0 Å². The Morgan fingerprint density at radius 3 is 1.14 bits per heavy atom. The molecule has 4 aliphatic heterocycles. The average Bonchev–Trinajstić information content (AvgIpc) is 2.61. The lowest BCUT2D eigenvalue weighted by Crippen LogP contribution is -3.00. The van der Waals surface area contributed by atoms with E-state index in [4.69, 9.17) is 0 Å². The molecule has 4 heterocycles. The summed E-state index contributed by atoms with van der Waals surface area (Å²) in [6.07, 6.45) is 24.7. The van der Waals surface area contributed by atoms with E-state index in [1.165, 1.54) is 56.1 Å². The Morgan fingerprint density at radius 1 is 0.571 bits per heavy atom. The maximum atomic E-state index is 2.52. The number of fused-ring (bicyclic) bond motifs is 4. The van der Waals surface area contributed by atoms with Gasteiger partial charge >= 0.3 is 0 Å². The van der Waals surface area contributed by atoms with Gasteiger partial charge in [-0.1, -0.05) is 113 Å². The first-order valence-electron chi connectivity index (χ1n) is 12.9. The van der Waals surface area contributed by atoms with Gasteiger partial charge in [0, 0.05) is 0 Å². The fourth-order valence-electron chi connectivity index (χ4n) is 8.19. The van der Waals surface area contributed by atoms with Gasteiger partial charge in [0.1, 0.15) is 13.4 Å². The monoisotopic (exact) mass is 449 g/mol. The highest BCUT2D eigenvalue weighted by Gasteiger charge is 2.39. The topological polar surface area (TPSA) is 0 Å². The van der Waals surface area contributed by atoms with Crippen molar-refractivity contribution in [2.75, 3.05) is 27.2 Å². The molecule has 4 rings (SSSR count). The van der Waals surface area contributed by atoms with E-state index in [1.807, 2.05) is 0 Å². The van der Waals surface area contributed by atoms with Crippen LogP contribution in [-0.2, 0) is 0 Å². The summed E-state index contributed by atoms with van der Waals surface area (Å²) < 4.78 is 1.28. The third kappa shape index (κ3) is 5.83. The highest BCUT2D eigenvalue weighted by molar-refractivity contribution is 6.63. The van der Waals surface area contributed by atoms with Crippen molar-refractivity contribution in [1.29, 1.82) is 0 Å². The molecular weight excluding hydrogens is 404 g/mol. The van der Waals surface area contributed by atoms with E-state index in [0.29, 0.717) is 0 Å². The molecule has 0 spiro atoms. The lowest BCUT2D eigenvalue weighted by Gasteiger charge is -2.41. The molecule has 0 aromatic rings. The van der Waals surface area contributed by atoms with Crippen molar-refractivity contribution >= 4 is 13.4 Å². The summed E-state index contributed by atoms with van der Waals surface area (Å²) in [5.41, 5.74) is 0. The van der Waals surface area contributed by atoms with Crippen LogP contribution in [-0.4, -0.2) is 45.1 Å². The van der Waals surface area contributed by atoms with Crippen molar-refractivity contribution in [3.05, 3.63) is 0 Å². The smallest absolute Gasteiger partial charge is 0.146 e. The predicted octanol–water partition coefficient (Wildman–Crippen LogP) is 4.05. The normalized spacial score (nSPS) is 32.8. The van der Waals surface area contributed by atoms with Crippen molar-refractivity contribution in [2.24, 2.45) is 0 Å². The first-order chi connectivity index (χ1) is 13.1. The molecular formula is C24H46B2BrN. The van der Waals surface area contributed by atoms with Gasteiger partial charge in [-0.25, -0.2) is 0 Å². The van der Waals surface area contributed by atoms with E-state index in [2.05, 4.69) is 14.1 Å². The molecule has 0 amide bonds. The van der Waals surface area contributed by atoms with Gasteiger partial charge in [-0.15, -0.1) is 0 Å². The number of hydrogen-bond acceptors (Lipinski definition) is 0. The molecule has 160 valence electrons. The van der Waals surface area contributed by atoms with E-state index < -0.39 is 0 Å². The minimum absolute atomic E-state index is 0. The molecule has 4 bridgehead atoms. The molecule has 0 unspecified atom stereocenters. The second-order valence-corrected chi connectivity index (χ2v) is 11.8. The SMILES string of the molecule is C[N+](C)(CCCB1C2CCCC1CCC2)CCCB1C2CCCC1CCC2.[Br-]. The molecule has 1 nitrogen and oxygen atoms in total. The van der Waals surface area contributed by atoms with E-state index >= 15 is 0 Å². The van der Waals surface area contributed by atoms with Gasteiger partial charge < -0.3 is 21.5 Å². The Hall–Kier alpha value is 0.570. The molecule has 0 saturated carbocycles. The fourth-order valence-corrected chi connectivity index (χ4v) is 8.19. The lowest BCUT2D eigenvalue weighted by atomic mass is 9.26. The zero-order valence-electron chi connectivity index (χ0n) is 19.0. The van der Waals surface area contributed by atoms with E-state index in [0.717, 1.165) is 36.7 Å². The first kappa shape index (κ1) is 23.2. The maximum absolute atomic E-state index is 2.52. The summed E-state index contributed by atoms with van der Waals surface area (Å²) in [5, 5.41) is 0. The van der Waals surface area contributed by atoms with Gasteiger partial charge in [-0.3, -0.25) is 0 Å². The Kier molecular flexibility index (Phi) is 8.91. The molecule has 28 heavy (non-hydrogen) atoms. The Balaban J connectivity index is 0.00000225. The Labute approximate surface area is 187 Å². The summed E-state index contributed by atoms with van der Waals surface area (Å²) in [7, 11) is 5.03. The second kappa shape index (κ2) is 10.7. The van der Waals surface area contributed by atoms with Crippen LogP contribution in [0.4, 0.5) is 0 Å². The van der Waals surface area contributed by atoms with Crippen LogP contribution in [0, 0.1) is 0 Å². The van der Waals surface area contributed by atoms with E-state index in [1.54, 1.807) is 64.0 Å². The number of quaternary nitrogens is 1. The van der Waals surface area contributed by atoms with Crippen molar-refractivity contribution < 1.29 is 21.5 Å². The highest BCUT2D eigenvalue weighted by Crippen LogP contribution is 2.49. The summed E-state index contributed by atoms with van der Waals surface area (Å²) in [6, 6.07) is 0. The summed E-state index contributed by atoms with van der Waals surface area (Å²) in [5.74, 6) is 4.44. The molecule has 0 aliphatic carbocycles. The lowest BCUT2D eigenvalue weighted by molar-refractivity contribution is -0.890. The van der Waals surface area contributed by atoms with Crippen LogP contribution in [0.15, 0.2) is 0 Å². The van der Waals surface area contributed by atoms with Gasteiger partial charge in [0.25, 0.3) is 0 Å². The number of halogens is 1. The molecule has 0 atom stereocenters. The zero-order chi connectivity index (χ0) is 18.7. The number of nitrogens with zero attached hydrogens (tertiary/aromatic N) is 1. The Morgan fingerprint density at radius 2 is 0.857 bits per heavy atom. The molecule has 0 aromatic heterocycles. The highest BCUT2D eigenvalue weighted by atomic mass is 79.9. The van der Waals surface area contributed by atoms with Gasteiger partial charge in [-0.2, -0.15) is 0 Å².